The second-order valence-electron chi connectivity index (χ2n) is 5.14. The lowest BCUT2D eigenvalue weighted by Crippen LogP contribution is -2.37. The van der Waals surface area contributed by atoms with Gasteiger partial charge in [0.1, 0.15) is 0 Å². The maximum atomic E-state index is 6.19. The van der Waals surface area contributed by atoms with Crippen LogP contribution in [0.25, 0.3) is 0 Å². The average Bonchev–Trinajstić information content (AvgIpc) is 2.38. The van der Waals surface area contributed by atoms with Gasteiger partial charge in [-0.2, -0.15) is 0 Å². The summed E-state index contributed by atoms with van der Waals surface area (Å²) in [5.74, 6) is 0.806. The van der Waals surface area contributed by atoms with Gasteiger partial charge in [-0.05, 0) is 30.9 Å². The minimum absolute atomic E-state index is 0.621. The van der Waals surface area contributed by atoms with Crippen molar-refractivity contribution in [3.05, 3.63) is 33.8 Å². The molecule has 1 nitrogen and oxygen atoms in total. The minimum Gasteiger partial charge on any atom is -0.310 e. The summed E-state index contributed by atoms with van der Waals surface area (Å²) in [6.07, 6.45) is 6.60. The van der Waals surface area contributed by atoms with Crippen LogP contribution in [0.2, 0.25) is 10.0 Å². The predicted molar refractivity (Wildman–Crippen MR) is 79.3 cm³/mol. The quantitative estimate of drug-likeness (QED) is 0.816. The Hall–Kier alpha value is -0.240. The third kappa shape index (κ3) is 3.40. The first-order valence-corrected chi connectivity index (χ1v) is 7.64. The molecule has 2 rings (SSSR count). The van der Waals surface area contributed by atoms with Gasteiger partial charge < -0.3 is 5.32 Å². The van der Waals surface area contributed by atoms with Gasteiger partial charge in [0.25, 0.3) is 0 Å². The Morgan fingerprint density at radius 2 is 1.83 bits per heavy atom. The van der Waals surface area contributed by atoms with E-state index in [1.165, 1.54) is 32.1 Å². The minimum atomic E-state index is 0.621. The Kier molecular flexibility index (Phi) is 5.35. The zero-order valence-corrected chi connectivity index (χ0v) is 12.4. The molecule has 1 N–H and O–H groups in total. The third-order valence-electron chi connectivity index (χ3n) is 4.04. The topological polar surface area (TPSA) is 12.0 Å². The monoisotopic (exact) mass is 285 g/mol. The van der Waals surface area contributed by atoms with Crippen LogP contribution in [0.4, 0.5) is 0 Å². The molecule has 0 spiro atoms. The second-order valence-corrected chi connectivity index (χ2v) is 5.95. The molecule has 2 atom stereocenters. The van der Waals surface area contributed by atoms with Gasteiger partial charge in [0, 0.05) is 28.2 Å². The van der Waals surface area contributed by atoms with E-state index in [0.717, 1.165) is 28.1 Å². The highest BCUT2D eigenvalue weighted by molar-refractivity contribution is 6.35. The Bertz CT molecular complexity index is 372. The zero-order valence-electron chi connectivity index (χ0n) is 10.9. The first-order valence-electron chi connectivity index (χ1n) is 6.88. The summed E-state index contributed by atoms with van der Waals surface area (Å²) in [6, 6.07) is 6.32. The Morgan fingerprint density at radius 1 is 1.17 bits per heavy atom. The summed E-state index contributed by atoms with van der Waals surface area (Å²) in [7, 11) is 0. The smallest absolute Gasteiger partial charge is 0.0465 e. The number of hydrogen-bond acceptors (Lipinski definition) is 1. The van der Waals surface area contributed by atoms with Gasteiger partial charge in [-0.15, -0.1) is 0 Å². The van der Waals surface area contributed by atoms with Gasteiger partial charge >= 0.3 is 0 Å². The summed E-state index contributed by atoms with van der Waals surface area (Å²) < 4.78 is 0. The van der Waals surface area contributed by atoms with Crippen LogP contribution in [-0.2, 0) is 6.54 Å². The molecule has 1 fully saturated rings. The van der Waals surface area contributed by atoms with Crippen LogP contribution in [0.5, 0.6) is 0 Å². The van der Waals surface area contributed by atoms with Crippen LogP contribution in [0.1, 0.15) is 44.6 Å². The highest BCUT2D eigenvalue weighted by atomic mass is 35.5. The van der Waals surface area contributed by atoms with E-state index in [4.69, 9.17) is 23.2 Å². The van der Waals surface area contributed by atoms with Gasteiger partial charge in [0.15, 0.2) is 0 Å². The van der Waals surface area contributed by atoms with Crippen molar-refractivity contribution >= 4 is 23.2 Å². The molecule has 0 aliphatic heterocycles. The lowest BCUT2D eigenvalue weighted by atomic mass is 9.83. The predicted octanol–water partition coefficient (Wildman–Crippen LogP) is 5.05. The van der Waals surface area contributed by atoms with Crippen LogP contribution in [0.3, 0.4) is 0 Å². The van der Waals surface area contributed by atoms with Crippen LogP contribution >= 0.6 is 23.2 Å². The highest BCUT2D eigenvalue weighted by Gasteiger charge is 2.23. The van der Waals surface area contributed by atoms with E-state index < -0.39 is 0 Å². The van der Waals surface area contributed by atoms with Gasteiger partial charge in [0.05, 0.1) is 0 Å². The normalized spacial score (nSPS) is 24.2. The summed E-state index contributed by atoms with van der Waals surface area (Å²) in [5, 5.41) is 5.18. The van der Waals surface area contributed by atoms with E-state index in [0.29, 0.717) is 6.04 Å². The Morgan fingerprint density at radius 3 is 2.50 bits per heavy atom. The molecule has 0 heterocycles. The summed E-state index contributed by atoms with van der Waals surface area (Å²) >= 11 is 12.4. The molecule has 3 heteroatoms. The van der Waals surface area contributed by atoms with Crippen molar-refractivity contribution in [1.29, 1.82) is 0 Å². The fourth-order valence-corrected chi connectivity index (χ4v) is 3.43. The summed E-state index contributed by atoms with van der Waals surface area (Å²) in [6.45, 7) is 3.06. The molecule has 1 aliphatic carbocycles. The van der Waals surface area contributed by atoms with Gasteiger partial charge in [-0.1, -0.05) is 55.5 Å². The van der Waals surface area contributed by atoms with E-state index in [1.54, 1.807) is 0 Å². The average molecular weight is 286 g/mol. The van der Waals surface area contributed by atoms with Crippen LogP contribution in [0, 0.1) is 5.92 Å². The van der Waals surface area contributed by atoms with Crippen LogP contribution in [-0.4, -0.2) is 6.04 Å². The molecule has 0 radical (unpaired) electrons. The molecule has 1 aromatic carbocycles. The molecule has 1 aliphatic rings. The largest absolute Gasteiger partial charge is 0.310 e. The molecule has 100 valence electrons. The molecule has 0 bridgehead atoms. The van der Waals surface area contributed by atoms with Gasteiger partial charge in [-0.3, -0.25) is 0 Å². The number of halogens is 2. The Labute approximate surface area is 120 Å². The number of nitrogens with one attached hydrogen (secondary N) is 1. The van der Waals surface area contributed by atoms with Crippen LogP contribution in [0.15, 0.2) is 18.2 Å². The zero-order chi connectivity index (χ0) is 13.0. The number of hydrogen-bond donors (Lipinski definition) is 1. The first kappa shape index (κ1) is 14.2. The number of rotatable bonds is 4. The maximum Gasteiger partial charge on any atom is 0.0465 e. The van der Waals surface area contributed by atoms with Crippen molar-refractivity contribution in [3.63, 3.8) is 0 Å². The van der Waals surface area contributed by atoms with Crippen molar-refractivity contribution in [1.82, 2.24) is 5.32 Å². The molecule has 18 heavy (non-hydrogen) atoms. The summed E-state index contributed by atoms with van der Waals surface area (Å²) in [5.41, 5.74) is 1.03. The molecule has 0 saturated heterocycles. The van der Waals surface area contributed by atoms with Crippen LogP contribution < -0.4 is 5.32 Å². The first-order chi connectivity index (χ1) is 8.72. The van der Waals surface area contributed by atoms with E-state index in [1.807, 2.05) is 18.2 Å². The maximum absolute atomic E-state index is 6.19. The molecule has 0 amide bonds. The molecule has 1 aromatic rings. The number of benzene rings is 1. The Balaban J connectivity index is 1.98. The third-order valence-corrected chi connectivity index (χ3v) is 4.74. The van der Waals surface area contributed by atoms with Crippen molar-refractivity contribution in [2.24, 2.45) is 5.92 Å². The van der Waals surface area contributed by atoms with E-state index in [9.17, 15) is 0 Å². The fourth-order valence-electron chi connectivity index (χ4n) is 2.90. The van der Waals surface area contributed by atoms with Crippen molar-refractivity contribution < 1.29 is 0 Å². The van der Waals surface area contributed by atoms with Gasteiger partial charge in [-0.25, -0.2) is 0 Å². The molecule has 0 aromatic heterocycles. The second kappa shape index (κ2) is 6.79. The van der Waals surface area contributed by atoms with Crippen molar-refractivity contribution in [2.45, 2.75) is 51.6 Å². The molecule has 2 unspecified atom stereocenters. The standard InChI is InChI=1S/C15H21Cl2N/c1-2-11-6-3-4-9-15(11)18-10-12-13(16)7-5-8-14(12)17/h5,7-8,11,15,18H,2-4,6,9-10H2,1H3. The SMILES string of the molecule is CCC1CCCCC1NCc1c(Cl)cccc1Cl. The molecular weight excluding hydrogens is 265 g/mol. The fraction of sp³-hybridized carbons (Fsp3) is 0.600. The highest BCUT2D eigenvalue weighted by Crippen LogP contribution is 2.29. The van der Waals surface area contributed by atoms with E-state index in [2.05, 4.69) is 12.2 Å². The molecular formula is C15H21Cl2N. The lowest BCUT2D eigenvalue weighted by molar-refractivity contribution is 0.254. The van der Waals surface area contributed by atoms with E-state index in [-0.39, 0.29) is 0 Å². The van der Waals surface area contributed by atoms with Crippen molar-refractivity contribution in [2.75, 3.05) is 0 Å². The summed E-state index contributed by atoms with van der Waals surface area (Å²) in [4.78, 5) is 0. The van der Waals surface area contributed by atoms with Gasteiger partial charge in [0.2, 0.25) is 0 Å². The lowest BCUT2D eigenvalue weighted by Gasteiger charge is -2.32. The molecule has 1 saturated carbocycles. The van der Waals surface area contributed by atoms with E-state index >= 15 is 0 Å². The van der Waals surface area contributed by atoms with Crippen molar-refractivity contribution in [3.8, 4) is 0 Å².